The largest absolute Gasteiger partial charge is 0.307 e. The van der Waals surface area contributed by atoms with Gasteiger partial charge in [-0.3, -0.25) is 0 Å². The van der Waals surface area contributed by atoms with Crippen LogP contribution in [0.25, 0.3) is 0 Å². The van der Waals surface area contributed by atoms with Crippen molar-refractivity contribution >= 4 is 11.3 Å². The number of hydrogen-bond acceptors (Lipinski definition) is 3. The van der Waals surface area contributed by atoms with Gasteiger partial charge in [0.2, 0.25) is 0 Å². The third-order valence-electron chi connectivity index (χ3n) is 3.19. The second kappa shape index (κ2) is 5.61. The Morgan fingerprint density at radius 1 is 1.40 bits per heavy atom. The number of hydrogen-bond donors (Lipinski definition) is 1. The van der Waals surface area contributed by atoms with Gasteiger partial charge in [-0.2, -0.15) is 0 Å². The van der Waals surface area contributed by atoms with Crippen LogP contribution in [0.5, 0.6) is 0 Å². The van der Waals surface area contributed by atoms with E-state index in [4.69, 9.17) is 0 Å². The molecule has 0 saturated carbocycles. The van der Waals surface area contributed by atoms with E-state index in [1.165, 1.54) is 11.3 Å². The van der Waals surface area contributed by atoms with Gasteiger partial charge < -0.3 is 5.32 Å². The molecule has 3 atom stereocenters. The Bertz CT molecular complexity index is 296. The zero-order valence-corrected chi connectivity index (χ0v) is 11.2. The van der Waals surface area contributed by atoms with Crippen LogP contribution in [0.2, 0.25) is 0 Å². The van der Waals surface area contributed by atoms with Crippen LogP contribution in [0, 0.1) is 12.8 Å². The van der Waals surface area contributed by atoms with Gasteiger partial charge in [0.1, 0.15) is 0 Å². The molecule has 3 heteroatoms. The number of nitrogens with zero attached hydrogens (tertiary/aromatic N) is 1. The molecule has 1 aromatic heterocycles. The average Bonchev–Trinajstić information content (AvgIpc) is 2.63. The highest BCUT2D eigenvalue weighted by molar-refractivity contribution is 7.09. The van der Waals surface area contributed by atoms with Gasteiger partial charge in [-0.25, -0.2) is 4.98 Å². The van der Waals surface area contributed by atoms with Crippen molar-refractivity contribution in [1.29, 1.82) is 0 Å². The lowest BCUT2D eigenvalue weighted by molar-refractivity contribution is 0.361. The highest BCUT2D eigenvalue weighted by atomic mass is 32.1. The van der Waals surface area contributed by atoms with Crippen LogP contribution in [0.3, 0.4) is 0 Å². The summed E-state index contributed by atoms with van der Waals surface area (Å²) in [6.07, 6.45) is 1.22. The molecule has 0 bridgehead atoms. The SMILES string of the molecule is CCC(C)C(C)NC(C)c1scnc1C. The molecule has 1 N–H and O–H groups in total. The third-order valence-corrected chi connectivity index (χ3v) is 4.30. The summed E-state index contributed by atoms with van der Waals surface area (Å²) in [7, 11) is 0. The molecule has 0 aromatic carbocycles. The van der Waals surface area contributed by atoms with Crippen LogP contribution in [-0.4, -0.2) is 11.0 Å². The number of nitrogens with one attached hydrogen (secondary N) is 1. The van der Waals surface area contributed by atoms with E-state index in [0.717, 1.165) is 11.6 Å². The van der Waals surface area contributed by atoms with Crippen molar-refractivity contribution in [3.8, 4) is 0 Å². The smallest absolute Gasteiger partial charge is 0.0798 e. The first-order valence-corrected chi connectivity index (χ1v) is 6.60. The molecule has 0 amide bonds. The lowest BCUT2D eigenvalue weighted by Crippen LogP contribution is -2.33. The molecule has 0 aliphatic heterocycles. The molecule has 2 nitrogen and oxygen atoms in total. The minimum absolute atomic E-state index is 0.418. The Hall–Kier alpha value is -0.410. The molecular formula is C12H22N2S. The first-order chi connectivity index (χ1) is 7.06. The summed E-state index contributed by atoms with van der Waals surface area (Å²) < 4.78 is 0. The maximum absolute atomic E-state index is 4.29. The van der Waals surface area contributed by atoms with E-state index in [1.807, 2.05) is 5.51 Å². The molecule has 0 spiro atoms. The van der Waals surface area contributed by atoms with Crippen molar-refractivity contribution in [3.63, 3.8) is 0 Å². The minimum Gasteiger partial charge on any atom is -0.307 e. The lowest BCUT2D eigenvalue weighted by atomic mass is 10.00. The number of rotatable bonds is 5. The maximum Gasteiger partial charge on any atom is 0.0798 e. The summed E-state index contributed by atoms with van der Waals surface area (Å²) in [6, 6.07) is 0.980. The molecule has 15 heavy (non-hydrogen) atoms. The first kappa shape index (κ1) is 12.7. The highest BCUT2D eigenvalue weighted by Gasteiger charge is 2.16. The van der Waals surface area contributed by atoms with Gasteiger partial charge in [0.15, 0.2) is 0 Å². The predicted molar refractivity (Wildman–Crippen MR) is 67.3 cm³/mol. The van der Waals surface area contributed by atoms with Gasteiger partial charge in [0.05, 0.1) is 11.2 Å². The number of thiazole rings is 1. The average molecular weight is 226 g/mol. The normalized spacial score (nSPS) is 17.4. The summed E-state index contributed by atoms with van der Waals surface area (Å²) in [5, 5.41) is 3.64. The summed E-state index contributed by atoms with van der Waals surface area (Å²) >= 11 is 1.75. The van der Waals surface area contributed by atoms with Gasteiger partial charge in [-0.15, -0.1) is 11.3 Å². The standard InChI is InChI=1S/C12H22N2S/c1-6-8(2)9(3)14-11(5)12-10(4)13-7-15-12/h7-9,11,14H,6H2,1-5H3. The Balaban J connectivity index is 2.56. The molecule has 0 fully saturated rings. The summed E-state index contributed by atoms with van der Waals surface area (Å²) in [6.45, 7) is 11.1. The molecule has 0 radical (unpaired) electrons. The first-order valence-electron chi connectivity index (χ1n) is 5.72. The van der Waals surface area contributed by atoms with E-state index in [-0.39, 0.29) is 0 Å². The molecule has 0 saturated heterocycles. The zero-order chi connectivity index (χ0) is 11.4. The Morgan fingerprint density at radius 3 is 2.53 bits per heavy atom. The molecule has 0 aliphatic rings. The van der Waals surface area contributed by atoms with E-state index in [1.54, 1.807) is 11.3 Å². The van der Waals surface area contributed by atoms with E-state index in [0.29, 0.717) is 12.1 Å². The quantitative estimate of drug-likeness (QED) is 0.830. The van der Waals surface area contributed by atoms with Crippen molar-refractivity contribution in [1.82, 2.24) is 10.3 Å². The molecule has 86 valence electrons. The summed E-state index contributed by atoms with van der Waals surface area (Å²) in [5.41, 5.74) is 3.09. The van der Waals surface area contributed by atoms with E-state index in [2.05, 4.69) is 44.9 Å². The highest BCUT2D eigenvalue weighted by Crippen LogP contribution is 2.22. The Labute approximate surface area is 97.1 Å². The fraction of sp³-hybridized carbons (Fsp3) is 0.750. The third kappa shape index (κ3) is 3.28. The fourth-order valence-corrected chi connectivity index (χ4v) is 2.53. The van der Waals surface area contributed by atoms with Crippen LogP contribution < -0.4 is 5.32 Å². The fourth-order valence-electron chi connectivity index (χ4n) is 1.71. The van der Waals surface area contributed by atoms with Gasteiger partial charge in [0.25, 0.3) is 0 Å². The van der Waals surface area contributed by atoms with Crippen molar-refractivity contribution < 1.29 is 0 Å². The van der Waals surface area contributed by atoms with Crippen LogP contribution in [0.15, 0.2) is 5.51 Å². The molecule has 1 heterocycles. The predicted octanol–water partition coefficient (Wildman–Crippen LogP) is 3.54. The molecule has 1 rings (SSSR count). The monoisotopic (exact) mass is 226 g/mol. The van der Waals surface area contributed by atoms with Crippen molar-refractivity contribution in [3.05, 3.63) is 16.1 Å². The number of aryl methyl sites for hydroxylation is 1. The van der Waals surface area contributed by atoms with Crippen LogP contribution in [-0.2, 0) is 0 Å². The van der Waals surface area contributed by atoms with Gasteiger partial charge in [-0.1, -0.05) is 20.3 Å². The molecule has 3 unspecified atom stereocenters. The van der Waals surface area contributed by atoms with Crippen LogP contribution in [0.1, 0.15) is 50.7 Å². The van der Waals surface area contributed by atoms with Crippen molar-refractivity contribution in [2.75, 3.05) is 0 Å². The van der Waals surface area contributed by atoms with E-state index in [9.17, 15) is 0 Å². The molecular weight excluding hydrogens is 204 g/mol. The second-order valence-corrected chi connectivity index (χ2v) is 5.25. The van der Waals surface area contributed by atoms with Gasteiger partial charge in [-0.05, 0) is 26.7 Å². The van der Waals surface area contributed by atoms with E-state index >= 15 is 0 Å². The van der Waals surface area contributed by atoms with Gasteiger partial charge in [0, 0.05) is 17.0 Å². The number of aromatic nitrogens is 1. The summed E-state index contributed by atoms with van der Waals surface area (Å²) in [4.78, 5) is 5.65. The Kier molecular flexibility index (Phi) is 4.74. The zero-order valence-electron chi connectivity index (χ0n) is 10.4. The van der Waals surface area contributed by atoms with Crippen molar-refractivity contribution in [2.24, 2.45) is 5.92 Å². The molecule has 0 aliphatic carbocycles. The minimum atomic E-state index is 0.418. The van der Waals surface area contributed by atoms with Gasteiger partial charge >= 0.3 is 0 Å². The summed E-state index contributed by atoms with van der Waals surface area (Å²) in [5.74, 6) is 0.723. The Morgan fingerprint density at radius 2 is 2.07 bits per heavy atom. The molecule has 1 aromatic rings. The van der Waals surface area contributed by atoms with Crippen LogP contribution in [0.4, 0.5) is 0 Å². The van der Waals surface area contributed by atoms with Crippen LogP contribution >= 0.6 is 11.3 Å². The lowest BCUT2D eigenvalue weighted by Gasteiger charge is -2.24. The van der Waals surface area contributed by atoms with Crippen molar-refractivity contribution in [2.45, 2.75) is 53.1 Å². The maximum atomic E-state index is 4.29. The van der Waals surface area contributed by atoms with E-state index < -0.39 is 0 Å². The second-order valence-electron chi connectivity index (χ2n) is 4.36. The topological polar surface area (TPSA) is 24.9 Å².